The third-order valence-corrected chi connectivity index (χ3v) is 4.31. The summed E-state index contributed by atoms with van der Waals surface area (Å²) in [5.74, 6) is -0.915. The number of nitrogens with two attached hydrogens (primary N) is 2. The standard InChI is InChI=1S/C20H27N3O3/c1-3-9-23(10-4-2)20(26)19(15-11-13(24)5-7-17(15)21)16-12-14(25)6-8-18(16)22/h5-8,11-12,19,24-25H,3-4,9-10,21-22H2,1-2H3. The van der Waals surface area contributed by atoms with Gasteiger partial charge in [-0.1, -0.05) is 13.8 Å². The van der Waals surface area contributed by atoms with E-state index >= 15 is 0 Å². The van der Waals surface area contributed by atoms with Crippen molar-refractivity contribution in [2.45, 2.75) is 32.6 Å². The lowest BCUT2D eigenvalue weighted by Gasteiger charge is -2.29. The van der Waals surface area contributed by atoms with Gasteiger partial charge in [0.2, 0.25) is 5.91 Å². The Hall–Kier alpha value is -2.89. The van der Waals surface area contributed by atoms with Gasteiger partial charge in [0.05, 0.1) is 5.92 Å². The molecule has 2 rings (SSSR count). The van der Waals surface area contributed by atoms with E-state index in [1.807, 2.05) is 13.8 Å². The second-order valence-corrected chi connectivity index (χ2v) is 6.38. The van der Waals surface area contributed by atoms with Gasteiger partial charge in [-0.25, -0.2) is 0 Å². The maximum atomic E-state index is 13.4. The summed E-state index contributed by atoms with van der Waals surface area (Å²) in [6, 6.07) is 9.04. The number of nitrogens with zero attached hydrogens (tertiary/aromatic N) is 1. The molecular formula is C20H27N3O3. The Balaban J connectivity index is 2.63. The van der Waals surface area contributed by atoms with Crippen LogP contribution in [-0.2, 0) is 4.79 Å². The van der Waals surface area contributed by atoms with Crippen molar-refractivity contribution >= 4 is 17.3 Å². The smallest absolute Gasteiger partial charge is 0.234 e. The number of carbonyl (C=O) groups excluding carboxylic acids is 1. The van der Waals surface area contributed by atoms with Gasteiger partial charge in [-0.15, -0.1) is 0 Å². The van der Waals surface area contributed by atoms with Crippen molar-refractivity contribution in [2.24, 2.45) is 0 Å². The van der Waals surface area contributed by atoms with E-state index in [9.17, 15) is 15.0 Å². The van der Waals surface area contributed by atoms with Crippen molar-refractivity contribution in [1.29, 1.82) is 0 Å². The lowest BCUT2D eigenvalue weighted by molar-refractivity contribution is -0.131. The molecule has 0 saturated heterocycles. The van der Waals surface area contributed by atoms with E-state index in [2.05, 4.69) is 0 Å². The number of carbonyl (C=O) groups is 1. The molecule has 1 amide bonds. The quantitative estimate of drug-likeness (QED) is 0.449. The number of phenolic OH excluding ortho intramolecular Hbond substituents is 2. The minimum atomic E-state index is -0.799. The molecule has 0 atom stereocenters. The SMILES string of the molecule is CCCN(CCC)C(=O)C(c1cc(O)ccc1N)c1cc(O)ccc1N. The van der Waals surface area contributed by atoms with E-state index in [0.717, 1.165) is 12.8 Å². The first-order valence-corrected chi connectivity index (χ1v) is 8.84. The van der Waals surface area contributed by atoms with Crippen LogP contribution in [0.5, 0.6) is 11.5 Å². The topological polar surface area (TPSA) is 113 Å². The van der Waals surface area contributed by atoms with Gasteiger partial charge in [0, 0.05) is 24.5 Å². The van der Waals surface area contributed by atoms with Crippen molar-refractivity contribution in [3.8, 4) is 11.5 Å². The highest BCUT2D eigenvalue weighted by Gasteiger charge is 2.30. The van der Waals surface area contributed by atoms with Crippen molar-refractivity contribution in [1.82, 2.24) is 4.90 Å². The molecule has 0 heterocycles. The third kappa shape index (κ3) is 4.20. The average Bonchev–Trinajstić information content (AvgIpc) is 2.60. The molecule has 0 spiro atoms. The number of phenols is 2. The Bertz CT molecular complexity index is 719. The molecule has 0 bridgehead atoms. The van der Waals surface area contributed by atoms with Crippen LogP contribution < -0.4 is 11.5 Å². The minimum absolute atomic E-state index is 0.0169. The highest BCUT2D eigenvalue weighted by atomic mass is 16.3. The van der Waals surface area contributed by atoms with E-state index in [0.29, 0.717) is 35.6 Å². The lowest BCUT2D eigenvalue weighted by Crippen LogP contribution is -2.37. The van der Waals surface area contributed by atoms with Gasteiger partial charge < -0.3 is 26.6 Å². The van der Waals surface area contributed by atoms with Gasteiger partial charge in [-0.3, -0.25) is 4.79 Å². The molecule has 0 aliphatic carbocycles. The molecule has 0 aliphatic rings. The number of hydrogen-bond acceptors (Lipinski definition) is 5. The van der Waals surface area contributed by atoms with E-state index in [4.69, 9.17) is 11.5 Å². The Morgan fingerprint density at radius 3 is 1.73 bits per heavy atom. The maximum absolute atomic E-state index is 13.4. The molecule has 6 nitrogen and oxygen atoms in total. The zero-order valence-corrected chi connectivity index (χ0v) is 15.3. The third-order valence-electron chi connectivity index (χ3n) is 4.31. The fourth-order valence-corrected chi connectivity index (χ4v) is 3.11. The van der Waals surface area contributed by atoms with E-state index in [1.165, 1.54) is 24.3 Å². The molecule has 0 saturated carbocycles. The van der Waals surface area contributed by atoms with Gasteiger partial charge in [-0.05, 0) is 60.4 Å². The summed E-state index contributed by atoms with van der Waals surface area (Å²) in [6.07, 6.45) is 1.65. The van der Waals surface area contributed by atoms with Crippen molar-refractivity contribution in [2.75, 3.05) is 24.6 Å². The van der Waals surface area contributed by atoms with Crippen LogP contribution in [0.2, 0.25) is 0 Å². The summed E-state index contributed by atoms with van der Waals surface area (Å²) in [5, 5.41) is 19.8. The zero-order valence-electron chi connectivity index (χ0n) is 15.3. The van der Waals surface area contributed by atoms with Crippen molar-refractivity contribution in [3.63, 3.8) is 0 Å². The fraction of sp³-hybridized carbons (Fsp3) is 0.350. The van der Waals surface area contributed by atoms with Crippen LogP contribution in [0.15, 0.2) is 36.4 Å². The van der Waals surface area contributed by atoms with Crippen molar-refractivity contribution < 1.29 is 15.0 Å². The van der Waals surface area contributed by atoms with Crippen LogP contribution in [0.25, 0.3) is 0 Å². The van der Waals surface area contributed by atoms with Crippen LogP contribution >= 0.6 is 0 Å². The van der Waals surface area contributed by atoms with Crippen LogP contribution in [0.3, 0.4) is 0 Å². The molecule has 2 aromatic carbocycles. The Kier molecular flexibility index (Phi) is 6.33. The second-order valence-electron chi connectivity index (χ2n) is 6.38. The summed E-state index contributed by atoms with van der Waals surface area (Å²) < 4.78 is 0. The maximum Gasteiger partial charge on any atom is 0.234 e. The summed E-state index contributed by atoms with van der Waals surface area (Å²) in [4.78, 5) is 15.2. The first-order chi connectivity index (χ1) is 12.4. The minimum Gasteiger partial charge on any atom is -0.508 e. The molecular weight excluding hydrogens is 330 g/mol. The number of hydrogen-bond donors (Lipinski definition) is 4. The van der Waals surface area contributed by atoms with Crippen LogP contribution in [0.1, 0.15) is 43.7 Å². The van der Waals surface area contributed by atoms with Gasteiger partial charge in [-0.2, -0.15) is 0 Å². The van der Waals surface area contributed by atoms with Gasteiger partial charge in [0.1, 0.15) is 11.5 Å². The van der Waals surface area contributed by atoms with Crippen LogP contribution in [0.4, 0.5) is 11.4 Å². The van der Waals surface area contributed by atoms with E-state index in [-0.39, 0.29) is 17.4 Å². The number of nitrogen functional groups attached to an aromatic ring is 2. The Morgan fingerprint density at radius 1 is 0.923 bits per heavy atom. The summed E-state index contributed by atoms with van der Waals surface area (Å²) in [5.41, 5.74) is 14.0. The summed E-state index contributed by atoms with van der Waals surface area (Å²) in [6.45, 7) is 5.24. The summed E-state index contributed by atoms with van der Waals surface area (Å²) >= 11 is 0. The number of amides is 1. The van der Waals surface area contributed by atoms with Gasteiger partial charge in [0.15, 0.2) is 0 Å². The van der Waals surface area contributed by atoms with E-state index in [1.54, 1.807) is 17.0 Å². The molecule has 140 valence electrons. The predicted octanol–water partition coefficient (Wildman–Crippen LogP) is 3.04. The molecule has 0 radical (unpaired) electrons. The van der Waals surface area contributed by atoms with Gasteiger partial charge in [0.25, 0.3) is 0 Å². The molecule has 6 heteroatoms. The Morgan fingerprint density at radius 2 is 1.35 bits per heavy atom. The monoisotopic (exact) mass is 357 g/mol. The number of benzene rings is 2. The molecule has 2 aromatic rings. The second kappa shape index (κ2) is 8.47. The highest BCUT2D eigenvalue weighted by Crippen LogP contribution is 2.37. The molecule has 0 aliphatic heterocycles. The van der Waals surface area contributed by atoms with Gasteiger partial charge >= 0.3 is 0 Å². The molecule has 0 fully saturated rings. The summed E-state index contributed by atoms with van der Waals surface area (Å²) in [7, 11) is 0. The Labute approximate surface area is 154 Å². The average molecular weight is 357 g/mol. The number of rotatable bonds is 7. The molecule has 26 heavy (non-hydrogen) atoms. The predicted molar refractivity (Wildman–Crippen MR) is 104 cm³/mol. The first kappa shape index (κ1) is 19.4. The van der Waals surface area contributed by atoms with E-state index < -0.39 is 5.92 Å². The molecule has 6 N–H and O–H groups in total. The highest BCUT2D eigenvalue weighted by molar-refractivity contribution is 5.90. The normalized spacial score (nSPS) is 10.9. The fourth-order valence-electron chi connectivity index (χ4n) is 3.11. The zero-order chi connectivity index (χ0) is 19.3. The van der Waals surface area contributed by atoms with Crippen molar-refractivity contribution in [3.05, 3.63) is 47.5 Å². The number of aromatic hydroxyl groups is 2. The molecule has 0 unspecified atom stereocenters. The van der Waals surface area contributed by atoms with Crippen LogP contribution in [0, 0.1) is 0 Å². The number of anilines is 2. The largest absolute Gasteiger partial charge is 0.508 e. The molecule has 0 aromatic heterocycles. The van der Waals surface area contributed by atoms with Crippen LogP contribution in [-0.4, -0.2) is 34.1 Å². The first-order valence-electron chi connectivity index (χ1n) is 8.84. The lowest BCUT2D eigenvalue weighted by atomic mass is 9.87.